The third-order valence-electron chi connectivity index (χ3n) is 6.41. The Morgan fingerprint density at radius 3 is 1.22 bits per heavy atom. The molecular weight excluding hydrogens is 582 g/mol. The Hall–Kier alpha value is -6.76. The Morgan fingerprint density at radius 1 is 0.511 bits per heavy atom. The van der Waals surface area contributed by atoms with E-state index in [9.17, 15) is 29.8 Å². The van der Waals surface area contributed by atoms with Crippen LogP contribution < -0.4 is 25.5 Å². The first-order valence-corrected chi connectivity index (χ1v) is 13.3. The third-order valence-corrected chi connectivity index (χ3v) is 6.41. The van der Waals surface area contributed by atoms with Crippen LogP contribution in [-0.4, -0.2) is 21.7 Å². The largest absolute Gasteiger partial charge is 0.379 e. The zero-order chi connectivity index (χ0) is 31.8. The van der Waals surface area contributed by atoms with Gasteiger partial charge in [-0.2, -0.15) is 11.0 Å². The zero-order valence-electron chi connectivity index (χ0n) is 23.2. The lowest BCUT2D eigenvalue weighted by Crippen LogP contribution is -2.27. The number of hydroxylamine groups is 2. The minimum atomic E-state index is -0.532. The van der Waals surface area contributed by atoms with Gasteiger partial charge >= 0.3 is 0 Å². The lowest BCUT2D eigenvalue weighted by Gasteiger charge is -2.25. The number of rotatable bonds is 11. The van der Waals surface area contributed by atoms with Crippen LogP contribution in [0, 0.1) is 20.2 Å². The molecule has 0 fully saturated rings. The van der Waals surface area contributed by atoms with Crippen molar-refractivity contribution in [1.29, 1.82) is 0 Å². The molecule has 0 atom stereocenters. The number of nitrogens with zero attached hydrogens (tertiary/aromatic N) is 3. The molecule has 0 aliphatic carbocycles. The normalized spacial score (nSPS) is 10.3. The van der Waals surface area contributed by atoms with E-state index in [0.29, 0.717) is 11.1 Å². The van der Waals surface area contributed by atoms with Crippen LogP contribution in [0.5, 0.6) is 11.5 Å². The smallest absolute Gasteiger partial charge is 0.283 e. The maximum atomic E-state index is 12.7. The van der Waals surface area contributed by atoms with Crippen LogP contribution in [0.1, 0.15) is 20.7 Å². The number of carbonyl (C=O) groups is 2. The molecule has 0 spiro atoms. The summed E-state index contributed by atoms with van der Waals surface area (Å²) in [5, 5.41) is 21.6. The molecule has 224 valence electrons. The summed E-state index contributed by atoms with van der Waals surface area (Å²) in [6, 6.07) is 33.6. The highest BCUT2D eigenvalue weighted by Crippen LogP contribution is 2.34. The Morgan fingerprint density at radius 2 is 0.867 bits per heavy atom. The first kappa shape index (κ1) is 29.7. The van der Waals surface area contributed by atoms with Gasteiger partial charge in [-0.3, -0.25) is 29.8 Å². The highest BCUT2D eigenvalue weighted by atomic mass is 16.7. The van der Waals surface area contributed by atoms with Gasteiger partial charge in [0, 0.05) is 52.5 Å². The Kier molecular flexibility index (Phi) is 8.90. The highest BCUT2D eigenvalue weighted by Gasteiger charge is 2.16. The second kappa shape index (κ2) is 13.5. The number of para-hydroxylation sites is 1. The minimum Gasteiger partial charge on any atom is -0.379 e. The van der Waals surface area contributed by atoms with Crippen molar-refractivity contribution in [3.63, 3.8) is 0 Å². The van der Waals surface area contributed by atoms with E-state index < -0.39 is 21.7 Å². The van der Waals surface area contributed by atoms with Crippen molar-refractivity contribution in [3.8, 4) is 11.5 Å². The Labute approximate surface area is 255 Å². The molecule has 0 aromatic heterocycles. The molecule has 5 rings (SSSR count). The Balaban J connectivity index is 1.27. The number of anilines is 3. The summed E-state index contributed by atoms with van der Waals surface area (Å²) >= 11 is 0. The van der Waals surface area contributed by atoms with E-state index in [0.717, 1.165) is 17.1 Å². The van der Waals surface area contributed by atoms with Crippen LogP contribution in [0.25, 0.3) is 0 Å². The third kappa shape index (κ3) is 7.37. The van der Waals surface area contributed by atoms with Gasteiger partial charge < -0.3 is 14.6 Å². The number of nitro groups is 2. The molecule has 45 heavy (non-hydrogen) atoms. The lowest BCUT2D eigenvalue weighted by atomic mass is 10.1. The first-order chi connectivity index (χ1) is 21.8. The molecule has 0 bridgehead atoms. The summed E-state index contributed by atoms with van der Waals surface area (Å²) < 4.78 is 0. The number of carbonyl (C=O) groups excluding carboxylic acids is 2. The van der Waals surface area contributed by atoms with E-state index in [4.69, 9.17) is 9.68 Å². The topological polar surface area (TPSA) is 166 Å². The summed E-state index contributed by atoms with van der Waals surface area (Å²) in [6.07, 6.45) is 0. The van der Waals surface area contributed by atoms with Crippen molar-refractivity contribution in [2.75, 3.05) is 4.90 Å². The molecule has 0 radical (unpaired) electrons. The molecule has 13 heteroatoms. The summed E-state index contributed by atoms with van der Waals surface area (Å²) in [5.74, 6) is -0.568. The molecule has 0 aliphatic rings. The number of benzene rings is 5. The average molecular weight is 606 g/mol. The number of hydrogen-bond donors (Lipinski definition) is 2. The minimum absolute atomic E-state index is 0.0983. The van der Waals surface area contributed by atoms with Crippen LogP contribution in [0.15, 0.2) is 127 Å². The molecule has 2 N–H and O–H groups in total. The molecule has 0 heterocycles. The summed E-state index contributed by atoms with van der Waals surface area (Å²) in [4.78, 5) is 58.3. The van der Waals surface area contributed by atoms with Crippen LogP contribution in [0.2, 0.25) is 0 Å². The summed E-state index contributed by atoms with van der Waals surface area (Å²) in [6.45, 7) is 0. The SMILES string of the molecule is O=C(NOc1ccc([N+](=O)[O-])cc1)c1ccc(N(c2ccccc2)c2ccc(C(=O)NOc3ccc([N+](=O)[O-])cc3)cc2)cc1. The Bertz CT molecular complexity index is 1700. The van der Waals surface area contributed by atoms with Gasteiger partial charge in [0.25, 0.3) is 23.2 Å². The van der Waals surface area contributed by atoms with E-state index in [-0.39, 0.29) is 22.9 Å². The number of hydrogen-bond acceptors (Lipinski definition) is 9. The lowest BCUT2D eigenvalue weighted by molar-refractivity contribution is -0.385. The van der Waals surface area contributed by atoms with Gasteiger partial charge in [0.15, 0.2) is 11.5 Å². The molecule has 0 saturated heterocycles. The molecule has 2 amide bonds. The van der Waals surface area contributed by atoms with E-state index in [1.165, 1.54) is 48.5 Å². The van der Waals surface area contributed by atoms with Crippen molar-refractivity contribution >= 4 is 40.3 Å². The van der Waals surface area contributed by atoms with Gasteiger partial charge in [-0.15, -0.1) is 0 Å². The predicted octanol–water partition coefficient (Wildman–Crippen LogP) is 6.42. The monoisotopic (exact) mass is 605 g/mol. The molecule has 0 unspecified atom stereocenters. The quantitative estimate of drug-likeness (QED) is 0.128. The van der Waals surface area contributed by atoms with Crippen LogP contribution in [0.4, 0.5) is 28.4 Å². The fourth-order valence-electron chi connectivity index (χ4n) is 4.15. The number of nitrogens with one attached hydrogen (secondary N) is 2. The summed E-state index contributed by atoms with van der Waals surface area (Å²) in [7, 11) is 0. The van der Waals surface area contributed by atoms with Crippen molar-refractivity contribution in [3.05, 3.63) is 159 Å². The first-order valence-electron chi connectivity index (χ1n) is 13.3. The van der Waals surface area contributed by atoms with E-state index in [2.05, 4.69) is 11.0 Å². The standard InChI is InChI=1S/C32H23N5O8/c38-31(33-44-29-18-14-27(15-19-29)36(40)41)22-6-10-25(11-7-22)35(24-4-2-1-3-5-24)26-12-8-23(9-13-26)32(39)34-45-30-20-16-28(17-21-30)37(42)43/h1-21H,(H,33,38)(H,34,39). The second-order valence-corrected chi connectivity index (χ2v) is 9.33. The van der Waals surface area contributed by atoms with Crippen LogP contribution >= 0.6 is 0 Å². The number of non-ortho nitro benzene ring substituents is 2. The summed E-state index contributed by atoms with van der Waals surface area (Å²) in [5.41, 5.74) is 7.36. The van der Waals surface area contributed by atoms with Gasteiger partial charge in [-0.25, -0.2) is 0 Å². The second-order valence-electron chi connectivity index (χ2n) is 9.33. The van der Waals surface area contributed by atoms with Crippen molar-refractivity contribution < 1.29 is 29.1 Å². The average Bonchev–Trinajstić information content (AvgIpc) is 3.07. The van der Waals surface area contributed by atoms with E-state index in [1.807, 2.05) is 35.2 Å². The number of amides is 2. The van der Waals surface area contributed by atoms with Gasteiger partial charge in [-0.1, -0.05) is 18.2 Å². The highest BCUT2D eigenvalue weighted by molar-refractivity contribution is 5.95. The zero-order valence-corrected chi connectivity index (χ0v) is 23.2. The van der Waals surface area contributed by atoms with Crippen LogP contribution in [0.3, 0.4) is 0 Å². The van der Waals surface area contributed by atoms with Gasteiger partial charge in [0.2, 0.25) is 0 Å². The van der Waals surface area contributed by atoms with Crippen molar-refractivity contribution in [2.45, 2.75) is 0 Å². The van der Waals surface area contributed by atoms with E-state index >= 15 is 0 Å². The molecule has 5 aromatic rings. The predicted molar refractivity (Wildman–Crippen MR) is 164 cm³/mol. The van der Waals surface area contributed by atoms with Gasteiger partial charge in [-0.05, 0) is 84.9 Å². The van der Waals surface area contributed by atoms with Gasteiger partial charge in [0.05, 0.1) is 9.85 Å². The van der Waals surface area contributed by atoms with Gasteiger partial charge in [0.1, 0.15) is 0 Å². The maximum Gasteiger partial charge on any atom is 0.283 e. The fraction of sp³-hybridized carbons (Fsp3) is 0. The molecule has 0 aliphatic heterocycles. The number of nitro benzene ring substituents is 2. The molecule has 5 aromatic carbocycles. The van der Waals surface area contributed by atoms with E-state index in [1.54, 1.807) is 48.5 Å². The van der Waals surface area contributed by atoms with Crippen molar-refractivity contribution in [2.24, 2.45) is 0 Å². The van der Waals surface area contributed by atoms with Crippen molar-refractivity contribution in [1.82, 2.24) is 11.0 Å². The molecular formula is C32H23N5O8. The molecule has 13 nitrogen and oxygen atoms in total. The van der Waals surface area contributed by atoms with Crippen LogP contribution in [-0.2, 0) is 0 Å². The molecule has 0 saturated carbocycles. The fourth-order valence-corrected chi connectivity index (χ4v) is 4.15. The maximum absolute atomic E-state index is 12.7.